The first-order valence-corrected chi connectivity index (χ1v) is 7.21. The van der Waals surface area contributed by atoms with Crippen LogP contribution in [-0.4, -0.2) is 25.3 Å². The predicted octanol–water partition coefficient (Wildman–Crippen LogP) is 2.72. The van der Waals surface area contributed by atoms with E-state index < -0.39 is 0 Å². The van der Waals surface area contributed by atoms with Crippen LogP contribution in [0.25, 0.3) is 0 Å². The van der Waals surface area contributed by atoms with Crippen molar-refractivity contribution in [3.63, 3.8) is 0 Å². The van der Waals surface area contributed by atoms with Gasteiger partial charge >= 0.3 is 0 Å². The van der Waals surface area contributed by atoms with E-state index in [0.717, 1.165) is 17.9 Å². The Balaban J connectivity index is 1.65. The minimum absolute atomic E-state index is 0.587. The number of nitrogens with one attached hydrogen (secondary N) is 1. The summed E-state index contributed by atoms with van der Waals surface area (Å²) in [4.78, 5) is 0. The molecule has 1 saturated carbocycles. The molecule has 16 heavy (non-hydrogen) atoms. The van der Waals surface area contributed by atoms with Gasteiger partial charge in [-0.05, 0) is 45.1 Å². The molecule has 1 N–H and O–H groups in total. The van der Waals surface area contributed by atoms with Gasteiger partial charge in [0.05, 0.1) is 12.2 Å². The minimum Gasteiger partial charge on any atom is -0.375 e. The summed E-state index contributed by atoms with van der Waals surface area (Å²) in [6, 6.07) is 0.732. The van der Waals surface area contributed by atoms with Gasteiger partial charge in [0.1, 0.15) is 0 Å². The Morgan fingerprint density at radius 1 is 1.06 bits per heavy atom. The summed E-state index contributed by atoms with van der Waals surface area (Å²) in [5, 5.41) is 3.62. The van der Waals surface area contributed by atoms with Crippen LogP contribution in [0.1, 0.15) is 51.4 Å². The third kappa shape index (κ3) is 1.91. The molecule has 2 nitrogen and oxygen atoms in total. The molecule has 1 aliphatic carbocycles. The largest absolute Gasteiger partial charge is 0.375 e. The maximum Gasteiger partial charge on any atom is 0.0623 e. The van der Waals surface area contributed by atoms with Gasteiger partial charge in [0, 0.05) is 12.0 Å². The first-order chi connectivity index (χ1) is 7.88. The highest BCUT2D eigenvalue weighted by Gasteiger charge is 2.45. The Hall–Kier alpha value is -0.0800. The molecule has 2 heteroatoms. The average Bonchev–Trinajstić information content (AvgIpc) is 2.94. The highest BCUT2D eigenvalue weighted by Crippen LogP contribution is 2.43. The van der Waals surface area contributed by atoms with E-state index in [9.17, 15) is 0 Å². The Morgan fingerprint density at radius 3 is 2.44 bits per heavy atom. The molecule has 3 aliphatic rings. The average molecular weight is 223 g/mol. The normalized spacial score (nSPS) is 41.4. The SMILES string of the molecule is CNC(C1CCCCC1)C1CC2CCC1O2. The van der Waals surface area contributed by atoms with Gasteiger partial charge in [0.25, 0.3) is 0 Å². The minimum atomic E-state index is 0.587. The van der Waals surface area contributed by atoms with Crippen molar-refractivity contribution in [2.75, 3.05) is 7.05 Å². The van der Waals surface area contributed by atoms with Gasteiger partial charge in [-0.1, -0.05) is 19.3 Å². The van der Waals surface area contributed by atoms with Crippen molar-refractivity contribution < 1.29 is 4.74 Å². The zero-order chi connectivity index (χ0) is 11.0. The molecule has 4 atom stereocenters. The quantitative estimate of drug-likeness (QED) is 0.794. The van der Waals surface area contributed by atoms with Crippen molar-refractivity contribution in [3.05, 3.63) is 0 Å². The second kappa shape index (κ2) is 4.66. The monoisotopic (exact) mass is 223 g/mol. The zero-order valence-corrected chi connectivity index (χ0v) is 10.5. The summed E-state index contributed by atoms with van der Waals surface area (Å²) in [5.41, 5.74) is 0. The van der Waals surface area contributed by atoms with E-state index in [1.165, 1.54) is 51.4 Å². The van der Waals surface area contributed by atoms with Crippen LogP contribution in [0.5, 0.6) is 0 Å². The zero-order valence-electron chi connectivity index (χ0n) is 10.5. The second-order valence-electron chi connectivity index (χ2n) is 5.99. The number of rotatable bonds is 3. The molecule has 2 saturated heterocycles. The topological polar surface area (TPSA) is 21.3 Å². The standard InChI is InChI=1S/C14H25NO/c1-15-14(10-5-3-2-4-6-10)12-9-11-7-8-13(12)16-11/h10-15H,2-9H2,1H3. The predicted molar refractivity (Wildman–Crippen MR) is 65.4 cm³/mol. The molecule has 92 valence electrons. The molecule has 3 fully saturated rings. The van der Waals surface area contributed by atoms with Crippen LogP contribution in [0, 0.1) is 11.8 Å². The van der Waals surface area contributed by atoms with E-state index in [1.54, 1.807) is 0 Å². The summed E-state index contributed by atoms with van der Waals surface area (Å²) in [6.45, 7) is 0. The molecule has 0 aromatic rings. The van der Waals surface area contributed by atoms with E-state index in [0.29, 0.717) is 12.2 Å². The molecule has 0 aromatic carbocycles. The van der Waals surface area contributed by atoms with E-state index >= 15 is 0 Å². The van der Waals surface area contributed by atoms with Crippen molar-refractivity contribution in [3.8, 4) is 0 Å². The van der Waals surface area contributed by atoms with Crippen molar-refractivity contribution >= 4 is 0 Å². The molecule has 2 bridgehead atoms. The fourth-order valence-electron chi connectivity index (χ4n) is 4.35. The van der Waals surface area contributed by atoms with Gasteiger partial charge < -0.3 is 10.1 Å². The first kappa shape index (κ1) is 11.0. The fourth-order valence-corrected chi connectivity index (χ4v) is 4.35. The van der Waals surface area contributed by atoms with Gasteiger partial charge in [-0.2, -0.15) is 0 Å². The van der Waals surface area contributed by atoms with E-state index in [4.69, 9.17) is 4.74 Å². The lowest BCUT2D eigenvalue weighted by molar-refractivity contribution is 0.0769. The molecule has 0 aromatic heterocycles. The first-order valence-electron chi connectivity index (χ1n) is 7.21. The van der Waals surface area contributed by atoms with Crippen LogP contribution in [0.4, 0.5) is 0 Å². The van der Waals surface area contributed by atoms with Crippen LogP contribution in [0.2, 0.25) is 0 Å². The Kier molecular flexibility index (Phi) is 3.21. The van der Waals surface area contributed by atoms with E-state index in [1.807, 2.05) is 0 Å². The molecular weight excluding hydrogens is 198 g/mol. The van der Waals surface area contributed by atoms with Crippen molar-refractivity contribution in [2.24, 2.45) is 11.8 Å². The maximum atomic E-state index is 6.02. The van der Waals surface area contributed by atoms with E-state index in [2.05, 4.69) is 12.4 Å². The van der Waals surface area contributed by atoms with Crippen LogP contribution in [0.15, 0.2) is 0 Å². The lowest BCUT2D eigenvalue weighted by Gasteiger charge is -2.36. The molecule has 0 amide bonds. The Morgan fingerprint density at radius 2 is 1.88 bits per heavy atom. The molecule has 2 heterocycles. The summed E-state index contributed by atoms with van der Waals surface area (Å²) < 4.78 is 6.02. The third-order valence-corrected chi connectivity index (χ3v) is 5.11. The summed E-state index contributed by atoms with van der Waals surface area (Å²) >= 11 is 0. The van der Waals surface area contributed by atoms with Crippen LogP contribution in [-0.2, 0) is 4.74 Å². The van der Waals surface area contributed by atoms with Gasteiger partial charge in [-0.15, -0.1) is 0 Å². The van der Waals surface area contributed by atoms with Crippen molar-refractivity contribution in [1.82, 2.24) is 5.32 Å². The van der Waals surface area contributed by atoms with Crippen molar-refractivity contribution in [2.45, 2.75) is 69.6 Å². The summed E-state index contributed by atoms with van der Waals surface area (Å²) in [6.07, 6.45) is 12.4. The van der Waals surface area contributed by atoms with Crippen LogP contribution < -0.4 is 5.32 Å². The highest BCUT2D eigenvalue weighted by atomic mass is 16.5. The van der Waals surface area contributed by atoms with Gasteiger partial charge in [-0.3, -0.25) is 0 Å². The molecule has 4 unspecified atom stereocenters. The molecule has 2 aliphatic heterocycles. The summed E-state index contributed by atoms with van der Waals surface area (Å²) in [7, 11) is 2.16. The molecule has 0 radical (unpaired) electrons. The molecule has 3 rings (SSSR count). The highest BCUT2D eigenvalue weighted by molar-refractivity contribution is 4.97. The second-order valence-corrected chi connectivity index (χ2v) is 5.99. The van der Waals surface area contributed by atoms with Crippen LogP contribution >= 0.6 is 0 Å². The third-order valence-electron chi connectivity index (χ3n) is 5.11. The molecule has 0 spiro atoms. The van der Waals surface area contributed by atoms with Crippen LogP contribution in [0.3, 0.4) is 0 Å². The Labute approximate surface area is 99.1 Å². The fraction of sp³-hybridized carbons (Fsp3) is 1.00. The smallest absolute Gasteiger partial charge is 0.0623 e. The molecular formula is C14H25NO. The van der Waals surface area contributed by atoms with E-state index in [-0.39, 0.29) is 0 Å². The van der Waals surface area contributed by atoms with Gasteiger partial charge in [0.15, 0.2) is 0 Å². The van der Waals surface area contributed by atoms with Gasteiger partial charge in [-0.25, -0.2) is 0 Å². The number of hydrogen-bond acceptors (Lipinski definition) is 2. The van der Waals surface area contributed by atoms with Gasteiger partial charge in [0.2, 0.25) is 0 Å². The van der Waals surface area contributed by atoms with Crippen molar-refractivity contribution in [1.29, 1.82) is 0 Å². The number of hydrogen-bond donors (Lipinski definition) is 1. The lowest BCUT2D eigenvalue weighted by Crippen LogP contribution is -2.44. The maximum absolute atomic E-state index is 6.02. The Bertz CT molecular complexity index is 237. The number of fused-ring (bicyclic) bond motifs is 2. The summed E-state index contributed by atoms with van der Waals surface area (Å²) in [5.74, 6) is 1.73. The lowest BCUT2D eigenvalue weighted by atomic mass is 9.74. The number of ether oxygens (including phenoxy) is 1.